The molecule has 0 aliphatic carbocycles. The van der Waals surface area contributed by atoms with Gasteiger partial charge in [-0.2, -0.15) is 5.10 Å². The van der Waals surface area contributed by atoms with E-state index < -0.39 is 26.7 Å². The maximum absolute atomic E-state index is 12.7. The van der Waals surface area contributed by atoms with Crippen molar-refractivity contribution in [2.75, 3.05) is 0 Å². The zero-order valence-electron chi connectivity index (χ0n) is 13.3. The third-order valence-electron chi connectivity index (χ3n) is 3.68. The second-order valence-corrected chi connectivity index (χ2v) is 7.05. The molecule has 124 valence electrons. The Morgan fingerprint density at radius 1 is 1.35 bits per heavy atom. The molecule has 0 fully saturated rings. The van der Waals surface area contributed by atoms with Crippen LogP contribution in [-0.2, 0) is 17.1 Å². The number of aryl methyl sites for hydroxylation is 2. The molecule has 2 rings (SSSR count). The van der Waals surface area contributed by atoms with E-state index in [-0.39, 0.29) is 4.90 Å². The fourth-order valence-electron chi connectivity index (χ4n) is 2.28. The highest BCUT2D eigenvalue weighted by Crippen LogP contribution is 2.30. The lowest BCUT2D eigenvalue weighted by molar-refractivity contribution is -0.387. The van der Waals surface area contributed by atoms with Crippen LogP contribution in [0.3, 0.4) is 0 Å². The number of hydrogen-bond donors (Lipinski definition) is 1. The second kappa shape index (κ2) is 6.09. The van der Waals surface area contributed by atoms with Crippen LogP contribution in [0.4, 0.5) is 5.69 Å². The number of nitro groups is 1. The minimum Gasteiger partial charge on any atom is -0.275 e. The number of sulfonamides is 1. The Morgan fingerprint density at radius 2 is 2.00 bits per heavy atom. The number of benzene rings is 1. The van der Waals surface area contributed by atoms with Gasteiger partial charge in [0.1, 0.15) is 0 Å². The fourth-order valence-corrected chi connectivity index (χ4v) is 3.98. The van der Waals surface area contributed by atoms with Crippen molar-refractivity contribution < 1.29 is 13.3 Å². The van der Waals surface area contributed by atoms with Crippen LogP contribution in [0.25, 0.3) is 0 Å². The summed E-state index contributed by atoms with van der Waals surface area (Å²) in [5, 5.41) is 15.2. The molecule has 0 saturated carbocycles. The third kappa shape index (κ3) is 3.40. The molecule has 1 atom stereocenters. The van der Waals surface area contributed by atoms with Gasteiger partial charge >= 0.3 is 0 Å². The number of aromatic nitrogens is 2. The number of nitrogens with one attached hydrogen (secondary N) is 1. The Labute approximate surface area is 134 Å². The molecular weight excluding hydrogens is 320 g/mol. The minimum absolute atomic E-state index is 0.293. The van der Waals surface area contributed by atoms with Crippen LogP contribution >= 0.6 is 0 Å². The molecule has 0 aliphatic heterocycles. The van der Waals surface area contributed by atoms with E-state index in [1.54, 1.807) is 44.9 Å². The van der Waals surface area contributed by atoms with Gasteiger partial charge in [0.15, 0.2) is 4.90 Å². The van der Waals surface area contributed by atoms with Crippen molar-refractivity contribution in [1.82, 2.24) is 14.5 Å². The van der Waals surface area contributed by atoms with Gasteiger partial charge in [-0.3, -0.25) is 14.8 Å². The zero-order valence-corrected chi connectivity index (χ0v) is 14.1. The summed E-state index contributed by atoms with van der Waals surface area (Å²) in [5.74, 6) is 0. The average molecular weight is 338 g/mol. The van der Waals surface area contributed by atoms with Gasteiger partial charge < -0.3 is 0 Å². The molecule has 8 nitrogen and oxygen atoms in total. The quantitative estimate of drug-likeness (QED) is 0.662. The van der Waals surface area contributed by atoms with Crippen molar-refractivity contribution in [2.24, 2.45) is 7.05 Å². The van der Waals surface area contributed by atoms with Crippen molar-refractivity contribution in [3.05, 3.63) is 51.3 Å². The van der Waals surface area contributed by atoms with E-state index in [1.807, 2.05) is 0 Å². The molecule has 1 N–H and O–H groups in total. The number of rotatable bonds is 5. The van der Waals surface area contributed by atoms with E-state index in [0.717, 1.165) is 0 Å². The molecule has 0 amide bonds. The molecule has 0 bridgehead atoms. The first-order valence-corrected chi connectivity index (χ1v) is 8.37. The average Bonchev–Trinajstić information content (AvgIpc) is 2.87. The second-order valence-electron chi connectivity index (χ2n) is 5.40. The number of nitrogens with zero attached hydrogens (tertiary/aromatic N) is 3. The Balaban J connectivity index is 2.47. The maximum Gasteiger partial charge on any atom is 0.289 e. The molecule has 0 aliphatic rings. The molecule has 9 heteroatoms. The van der Waals surface area contributed by atoms with Crippen LogP contribution in [0.15, 0.2) is 29.4 Å². The Hall–Kier alpha value is -2.26. The van der Waals surface area contributed by atoms with Crippen molar-refractivity contribution in [1.29, 1.82) is 0 Å². The van der Waals surface area contributed by atoms with Crippen molar-refractivity contribution >= 4 is 15.7 Å². The Bertz CT molecular complexity index is 858. The highest BCUT2D eigenvalue weighted by molar-refractivity contribution is 7.89. The minimum atomic E-state index is -4.06. The summed E-state index contributed by atoms with van der Waals surface area (Å²) in [5.41, 5.74) is 1.28. The van der Waals surface area contributed by atoms with E-state index in [1.165, 1.54) is 12.1 Å². The zero-order chi connectivity index (χ0) is 17.4. The van der Waals surface area contributed by atoms with Crippen LogP contribution in [0.2, 0.25) is 0 Å². The summed E-state index contributed by atoms with van der Waals surface area (Å²) in [6.45, 7) is 4.93. The van der Waals surface area contributed by atoms with E-state index >= 15 is 0 Å². The third-order valence-corrected chi connectivity index (χ3v) is 5.39. The van der Waals surface area contributed by atoms with Gasteiger partial charge in [-0.1, -0.05) is 6.07 Å². The lowest BCUT2D eigenvalue weighted by Crippen LogP contribution is -2.28. The maximum atomic E-state index is 12.7. The molecule has 0 saturated heterocycles. The molecule has 1 aromatic heterocycles. The number of nitro benzene ring substituents is 1. The van der Waals surface area contributed by atoms with Gasteiger partial charge in [-0.25, -0.2) is 13.1 Å². The first-order valence-electron chi connectivity index (χ1n) is 6.89. The van der Waals surface area contributed by atoms with Gasteiger partial charge in [0.2, 0.25) is 10.0 Å². The van der Waals surface area contributed by atoms with E-state index in [2.05, 4.69) is 9.82 Å². The number of hydrogen-bond acceptors (Lipinski definition) is 5. The standard InChI is InChI=1S/C14H18N4O4S/c1-9-5-6-13(18(19)20)14(10(9)2)23(21,22)16-11(3)12-7-15-17(4)8-12/h5-8,11,16H,1-4H3. The summed E-state index contributed by atoms with van der Waals surface area (Å²) >= 11 is 0. The lowest BCUT2D eigenvalue weighted by atomic mass is 10.1. The lowest BCUT2D eigenvalue weighted by Gasteiger charge is -2.15. The van der Waals surface area contributed by atoms with Crippen molar-refractivity contribution in [3.8, 4) is 0 Å². The van der Waals surface area contributed by atoms with Gasteiger partial charge in [0, 0.05) is 30.9 Å². The monoisotopic (exact) mass is 338 g/mol. The summed E-state index contributed by atoms with van der Waals surface area (Å²) in [4.78, 5) is 10.2. The highest BCUT2D eigenvalue weighted by Gasteiger charge is 2.30. The van der Waals surface area contributed by atoms with E-state index in [0.29, 0.717) is 16.7 Å². The summed E-state index contributed by atoms with van der Waals surface area (Å²) < 4.78 is 29.4. The van der Waals surface area contributed by atoms with Gasteiger partial charge in [0.05, 0.1) is 11.1 Å². The Kier molecular flexibility index (Phi) is 4.53. The van der Waals surface area contributed by atoms with Crippen LogP contribution in [0.5, 0.6) is 0 Å². The largest absolute Gasteiger partial charge is 0.289 e. The molecular formula is C14H18N4O4S. The molecule has 23 heavy (non-hydrogen) atoms. The molecule has 0 spiro atoms. The smallest absolute Gasteiger partial charge is 0.275 e. The molecule has 2 aromatic rings. The summed E-state index contributed by atoms with van der Waals surface area (Å²) in [6.07, 6.45) is 3.23. The van der Waals surface area contributed by atoms with Crippen molar-refractivity contribution in [3.63, 3.8) is 0 Å². The fraction of sp³-hybridized carbons (Fsp3) is 0.357. The SMILES string of the molecule is Cc1ccc([N+](=O)[O-])c(S(=O)(=O)NC(C)c2cnn(C)c2)c1C. The normalized spacial score (nSPS) is 13.0. The predicted octanol–water partition coefficient (Wildman–Crippen LogP) is 1.98. The van der Waals surface area contributed by atoms with E-state index in [4.69, 9.17) is 0 Å². The molecule has 1 unspecified atom stereocenters. The van der Waals surface area contributed by atoms with Crippen LogP contribution < -0.4 is 4.72 Å². The van der Waals surface area contributed by atoms with E-state index in [9.17, 15) is 18.5 Å². The first-order chi connectivity index (χ1) is 10.6. The molecule has 1 aromatic carbocycles. The van der Waals surface area contributed by atoms with Crippen LogP contribution in [0.1, 0.15) is 29.7 Å². The van der Waals surface area contributed by atoms with Gasteiger partial charge in [-0.15, -0.1) is 0 Å². The molecule has 1 heterocycles. The van der Waals surface area contributed by atoms with Gasteiger partial charge in [0.25, 0.3) is 5.69 Å². The van der Waals surface area contributed by atoms with Crippen LogP contribution in [-0.4, -0.2) is 23.1 Å². The van der Waals surface area contributed by atoms with Crippen molar-refractivity contribution in [2.45, 2.75) is 31.7 Å². The highest BCUT2D eigenvalue weighted by atomic mass is 32.2. The predicted molar refractivity (Wildman–Crippen MR) is 84.5 cm³/mol. The Morgan fingerprint density at radius 3 is 2.52 bits per heavy atom. The topological polar surface area (TPSA) is 107 Å². The first kappa shape index (κ1) is 17.1. The van der Waals surface area contributed by atoms with Crippen LogP contribution in [0, 0.1) is 24.0 Å². The summed E-state index contributed by atoms with van der Waals surface area (Å²) in [6, 6.07) is 2.19. The summed E-state index contributed by atoms with van der Waals surface area (Å²) in [7, 11) is -2.33. The van der Waals surface area contributed by atoms with Gasteiger partial charge in [-0.05, 0) is 31.9 Å². The molecule has 0 radical (unpaired) electrons.